The number of rotatable bonds is 2. The van der Waals surface area contributed by atoms with Gasteiger partial charge in [-0.2, -0.15) is 0 Å². The molecule has 0 amide bonds. The highest BCUT2D eigenvalue weighted by molar-refractivity contribution is 6.29. The van der Waals surface area contributed by atoms with Crippen molar-refractivity contribution in [2.24, 2.45) is 0 Å². The summed E-state index contributed by atoms with van der Waals surface area (Å²) in [6.07, 6.45) is 2.44. The number of fused-ring (bicyclic) bond motifs is 1. The summed E-state index contributed by atoms with van der Waals surface area (Å²) in [5.41, 5.74) is 2.37. The highest BCUT2D eigenvalue weighted by Crippen LogP contribution is 2.23. The second kappa shape index (κ2) is 4.19. The molecule has 0 aromatic carbocycles. The van der Waals surface area contributed by atoms with Gasteiger partial charge in [-0.1, -0.05) is 24.9 Å². The molecule has 1 aliphatic heterocycles. The molecule has 1 aromatic rings. The van der Waals surface area contributed by atoms with E-state index in [1.807, 2.05) is 6.92 Å². The number of aryl methyl sites for hydroxylation is 1. The van der Waals surface area contributed by atoms with Crippen LogP contribution in [0.15, 0.2) is 6.07 Å². The third kappa shape index (κ3) is 1.97. The summed E-state index contributed by atoms with van der Waals surface area (Å²) in [5, 5.41) is 0.465. The Bertz CT molecular complexity index is 404. The first-order valence-electron chi connectivity index (χ1n) is 5.07. The molecule has 3 nitrogen and oxygen atoms in total. The largest absolute Gasteiger partial charge is 0.462 e. The molecule has 0 unspecified atom stereocenters. The van der Waals surface area contributed by atoms with Gasteiger partial charge in [0.1, 0.15) is 5.15 Å². The first-order chi connectivity index (χ1) is 7.22. The average molecular weight is 226 g/mol. The van der Waals surface area contributed by atoms with Crippen molar-refractivity contribution < 1.29 is 9.53 Å². The molecule has 4 heteroatoms. The highest BCUT2D eigenvalue weighted by atomic mass is 35.5. The lowest BCUT2D eigenvalue weighted by Gasteiger charge is -2.18. The third-order valence-electron chi connectivity index (χ3n) is 2.44. The van der Waals surface area contributed by atoms with Crippen molar-refractivity contribution in [3.8, 4) is 0 Å². The molecule has 0 N–H and O–H groups in total. The molecule has 0 atom stereocenters. The number of ether oxygens (including phenoxy) is 1. The molecule has 0 saturated heterocycles. The second-order valence-electron chi connectivity index (χ2n) is 3.56. The van der Waals surface area contributed by atoms with Crippen molar-refractivity contribution in [3.63, 3.8) is 0 Å². The fourth-order valence-electron chi connectivity index (χ4n) is 1.81. The average Bonchev–Trinajstić information content (AvgIpc) is 2.17. The molecule has 15 heavy (non-hydrogen) atoms. The minimum Gasteiger partial charge on any atom is -0.462 e. The quantitative estimate of drug-likeness (QED) is 0.573. The number of pyridine rings is 1. The van der Waals surface area contributed by atoms with Gasteiger partial charge in [0, 0.05) is 6.42 Å². The summed E-state index contributed by atoms with van der Waals surface area (Å²) in [7, 11) is 0. The van der Waals surface area contributed by atoms with Crippen LogP contribution in [0, 0.1) is 0 Å². The van der Waals surface area contributed by atoms with E-state index in [1.165, 1.54) is 0 Å². The van der Waals surface area contributed by atoms with E-state index in [0.717, 1.165) is 30.5 Å². The van der Waals surface area contributed by atoms with E-state index in [4.69, 9.17) is 16.3 Å². The first-order valence-corrected chi connectivity index (χ1v) is 5.45. The van der Waals surface area contributed by atoms with Gasteiger partial charge >= 0.3 is 5.97 Å². The zero-order chi connectivity index (χ0) is 10.8. The molecule has 0 spiro atoms. The maximum atomic E-state index is 11.6. The molecule has 0 radical (unpaired) electrons. The van der Waals surface area contributed by atoms with E-state index in [1.54, 1.807) is 6.07 Å². The number of aromatic nitrogens is 1. The number of hydrogen-bond donors (Lipinski definition) is 0. The van der Waals surface area contributed by atoms with Crippen molar-refractivity contribution in [2.75, 3.05) is 6.61 Å². The minimum atomic E-state index is -0.260. The molecular formula is C11H12ClNO2. The summed E-state index contributed by atoms with van der Waals surface area (Å²) in [5.74, 6) is -0.260. The molecular weight excluding hydrogens is 214 g/mol. The van der Waals surface area contributed by atoms with Gasteiger partial charge < -0.3 is 4.74 Å². The second-order valence-corrected chi connectivity index (χ2v) is 3.95. The van der Waals surface area contributed by atoms with Gasteiger partial charge in [0.25, 0.3) is 0 Å². The predicted octanol–water partition coefficient (Wildman–Crippen LogP) is 2.40. The Hall–Kier alpha value is -1.09. The number of nitrogens with zero attached hydrogens (tertiary/aromatic N) is 1. The number of cyclic esters (lactones) is 1. The lowest BCUT2D eigenvalue weighted by Crippen LogP contribution is -2.20. The summed E-state index contributed by atoms with van der Waals surface area (Å²) in [6.45, 7) is 2.49. The highest BCUT2D eigenvalue weighted by Gasteiger charge is 2.23. The van der Waals surface area contributed by atoms with E-state index >= 15 is 0 Å². The Morgan fingerprint density at radius 2 is 2.40 bits per heavy atom. The van der Waals surface area contributed by atoms with Crippen molar-refractivity contribution in [3.05, 3.63) is 28.0 Å². The zero-order valence-corrected chi connectivity index (χ0v) is 9.30. The van der Waals surface area contributed by atoms with Gasteiger partial charge in [0.05, 0.1) is 17.9 Å². The van der Waals surface area contributed by atoms with Gasteiger partial charge in [0.2, 0.25) is 0 Å². The Kier molecular flexibility index (Phi) is 2.91. The molecule has 0 bridgehead atoms. The number of halogens is 1. The van der Waals surface area contributed by atoms with E-state index in [0.29, 0.717) is 17.3 Å². The summed E-state index contributed by atoms with van der Waals surface area (Å²) in [4.78, 5) is 15.8. The SMILES string of the molecule is CCCc1nc(Cl)cc2c1C(=O)OCC2. The van der Waals surface area contributed by atoms with Gasteiger partial charge in [-0.25, -0.2) is 9.78 Å². The normalized spacial score (nSPS) is 14.7. The third-order valence-corrected chi connectivity index (χ3v) is 2.63. The van der Waals surface area contributed by atoms with E-state index in [-0.39, 0.29) is 5.97 Å². The van der Waals surface area contributed by atoms with Crippen LogP contribution in [0.4, 0.5) is 0 Å². The van der Waals surface area contributed by atoms with E-state index in [9.17, 15) is 4.79 Å². The lowest BCUT2D eigenvalue weighted by atomic mass is 10.00. The standard InChI is InChI=1S/C11H12ClNO2/c1-2-3-8-10-7(6-9(12)13-8)4-5-15-11(10)14/h6H,2-5H2,1H3. The summed E-state index contributed by atoms with van der Waals surface area (Å²) >= 11 is 5.90. The van der Waals surface area contributed by atoms with Crippen LogP contribution in [0.1, 0.15) is 35.0 Å². The first kappa shape index (κ1) is 10.4. The predicted molar refractivity (Wildman–Crippen MR) is 57.2 cm³/mol. The monoisotopic (exact) mass is 225 g/mol. The maximum Gasteiger partial charge on any atom is 0.340 e. The van der Waals surface area contributed by atoms with E-state index < -0.39 is 0 Å². The molecule has 1 aromatic heterocycles. The molecule has 0 fully saturated rings. The van der Waals surface area contributed by atoms with Gasteiger partial charge in [-0.05, 0) is 18.1 Å². The van der Waals surface area contributed by atoms with Gasteiger partial charge in [-0.3, -0.25) is 0 Å². The van der Waals surface area contributed by atoms with Crippen LogP contribution in [-0.4, -0.2) is 17.6 Å². The molecule has 1 aliphatic rings. The number of esters is 1. The van der Waals surface area contributed by atoms with Gasteiger partial charge in [-0.15, -0.1) is 0 Å². The molecule has 2 rings (SSSR count). The van der Waals surface area contributed by atoms with Gasteiger partial charge in [0.15, 0.2) is 0 Å². The van der Waals surface area contributed by atoms with Crippen LogP contribution in [0.25, 0.3) is 0 Å². The fraction of sp³-hybridized carbons (Fsp3) is 0.455. The Morgan fingerprint density at radius 1 is 1.60 bits per heavy atom. The van der Waals surface area contributed by atoms with Crippen LogP contribution in [0.5, 0.6) is 0 Å². The van der Waals surface area contributed by atoms with Crippen LogP contribution >= 0.6 is 11.6 Å². The molecule has 80 valence electrons. The molecule has 0 aliphatic carbocycles. The number of hydrogen-bond acceptors (Lipinski definition) is 3. The molecule has 0 saturated carbocycles. The number of carbonyl (C=O) groups is 1. The van der Waals surface area contributed by atoms with Crippen LogP contribution in [0.2, 0.25) is 5.15 Å². The van der Waals surface area contributed by atoms with Crippen LogP contribution in [-0.2, 0) is 17.6 Å². The zero-order valence-electron chi connectivity index (χ0n) is 8.55. The Morgan fingerprint density at radius 3 is 3.13 bits per heavy atom. The van der Waals surface area contributed by atoms with Crippen molar-refractivity contribution >= 4 is 17.6 Å². The minimum absolute atomic E-state index is 0.260. The summed E-state index contributed by atoms with van der Waals surface area (Å²) < 4.78 is 5.01. The van der Waals surface area contributed by atoms with Crippen molar-refractivity contribution in [1.29, 1.82) is 0 Å². The topological polar surface area (TPSA) is 39.2 Å². The van der Waals surface area contributed by atoms with E-state index in [2.05, 4.69) is 4.98 Å². The Balaban J connectivity index is 2.53. The van der Waals surface area contributed by atoms with Crippen LogP contribution < -0.4 is 0 Å². The lowest BCUT2D eigenvalue weighted by molar-refractivity contribution is 0.0478. The van der Waals surface area contributed by atoms with Crippen molar-refractivity contribution in [2.45, 2.75) is 26.2 Å². The fourth-order valence-corrected chi connectivity index (χ4v) is 2.04. The van der Waals surface area contributed by atoms with Crippen molar-refractivity contribution in [1.82, 2.24) is 4.98 Å². The van der Waals surface area contributed by atoms with Crippen LogP contribution in [0.3, 0.4) is 0 Å². The summed E-state index contributed by atoms with van der Waals surface area (Å²) in [6, 6.07) is 1.76. The molecule has 2 heterocycles. The smallest absolute Gasteiger partial charge is 0.340 e. The maximum absolute atomic E-state index is 11.6. The Labute approximate surface area is 93.4 Å². The number of carbonyl (C=O) groups excluding carboxylic acids is 1.